The Morgan fingerprint density at radius 1 is 1.41 bits per heavy atom. The van der Waals surface area contributed by atoms with E-state index in [0.717, 1.165) is 0 Å². The molecule has 0 aliphatic rings. The van der Waals surface area contributed by atoms with Crippen LogP contribution in [0.4, 0.5) is 0 Å². The molecule has 2 aromatic rings. The minimum atomic E-state index is -0.224. The van der Waals surface area contributed by atoms with Gasteiger partial charge < -0.3 is 4.90 Å². The van der Waals surface area contributed by atoms with E-state index in [2.05, 4.69) is 9.97 Å². The minimum absolute atomic E-state index is 0.0511. The number of rotatable bonds is 2. The molecule has 0 bridgehead atoms. The molecule has 0 fully saturated rings. The fourth-order valence-corrected chi connectivity index (χ4v) is 1.55. The normalized spacial score (nSPS) is 9.88. The zero-order valence-electron chi connectivity index (χ0n) is 9.29. The van der Waals surface area contributed by atoms with Gasteiger partial charge in [-0.2, -0.15) is 5.26 Å². The van der Waals surface area contributed by atoms with Crippen molar-refractivity contribution in [2.24, 2.45) is 0 Å². The van der Waals surface area contributed by atoms with Crippen LogP contribution in [0.25, 0.3) is 11.0 Å². The Hall–Kier alpha value is -2.48. The molecule has 1 aromatic heterocycles. The van der Waals surface area contributed by atoms with E-state index in [4.69, 9.17) is 5.26 Å². The van der Waals surface area contributed by atoms with Crippen molar-refractivity contribution in [3.63, 3.8) is 0 Å². The first kappa shape index (κ1) is 11.0. The summed E-state index contributed by atoms with van der Waals surface area (Å²) in [7, 11) is 1.58. The second-order valence-electron chi connectivity index (χ2n) is 3.55. The Kier molecular flexibility index (Phi) is 2.97. The summed E-state index contributed by atoms with van der Waals surface area (Å²) in [6.07, 6.45) is 3.12. The smallest absolute Gasteiger partial charge is 0.256 e. The molecule has 0 saturated heterocycles. The highest BCUT2D eigenvalue weighted by molar-refractivity contribution is 6.04. The third-order valence-corrected chi connectivity index (χ3v) is 2.38. The largest absolute Gasteiger partial charge is 0.328 e. The average molecular weight is 226 g/mol. The number of hydrogen-bond acceptors (Lipinski definition) is 4. The molecule has 0 radical (unpaired) electrons. The van der Waals surface area contributed by atoms with Crippen molar-refractivity contribution in [2.45, 2.75) is 0 Å². The molecule has 1 amide bonds. The number of nitrogens with zero attached hydrogens (tertiary/aromatic N) is 4. The second-order valence-corrected chi connectivity index (χ2v) is 3.55. The molecule has 0 atom stereocenters. The number of benzene rings is 1. The number of para-hydroxylation sites is 1. The Balaban J connectivity index is 2.49. The van der Waals surface area contributed by atoms with Gasteiger partial charge in [-0.15, -0.1) is 0 Å². The molecule has 0 unspecified atom stereocenters. The summed E-state index contributed by atoms with van der Waals surface area (Å²) in [6.45, 7) is 0.0511. The summed E-state index contributed by atoms with van der Waals surface area (Å²) in [5, 5.41) is 8.57. The maximum Gasteiger partial charge on any atom is 0.256 e. The zero-order valence-corrected chi connectivity index (χ0v) is 9.29. The second kappa shape index (κ2) is 4.58. The lowest BCUT2D eigenvalue weighted by atomic mass is 10.1. The van der Waals surface area contributed by atoms with E-state index in [9.17, 15) is 4.79 Å². The van der Waals surface area contributed by atoms with Gasteiger partial charge in [-0.3, -0.25) is 14.8 Å². The molecule has 0 saturated carbocycles. The number of nitriles is 1. The van der Waals surface area contributed by atoms with E-state index >= 15 is 0 Å². The number of carbonyl (C=O) groups is 1. The standard InChI is InChI=1S/C12H10N4O/c1-16(8-5-13)12(17)9-3-2-4-10-11(9)15-7-6-14-10/h2-4,6-7H,8H2,1H3. The van der Waals surface area contributed by atoms with Crippen molar-refractivity contribution in [1.82, 2.24) is 14.9 Å². The van der Waals surface area contributed by atoms with Crippen LogP contribution < -0.4 is 0 Å². The van der Waals surface area contributed by atoms with Crippen LogP contribution in [0, 0.1) is 11.3 Å². The molecule has 84 valence electrons. The van der Waals surface area contributed by atoms with Gasteiger partial charge in [0.15, 0.2) is 0 Å². The first-order valence-electron chi connectivity index (χ1n) is 5.06. The quantitative estimate of drug-likeness (QED) is 0.722. The summed E-state index contributed by atoms with van der Waals surface area (Å²) in [4.78, 5) is 21.7. The Morgan fingerprint density at radius 3 is 2.94 bits per heavy atom. The topological polar surface area (TPSA) is 69.9 Å². The molecular weight excluding hydrogens is 216 g/mol. The monoisotopic (exact) mass is 226 g/mol. The molecule has 0 aliphatic heterocycles. The van der Waals surface area contributed by atoms with Gasteiger partial charge >= 0.3 is 0 Å². The molecular formula is C12H10N4O. The predicted molar refractivity (Wildman–Crippen MR) is 62.1 cm³/mol. The van der Waals surface area contributed by atoms with Gasteiger partial charge in [0.05, 0.1) is 17.1 Å². The van der Waals surface area contributed by atoms with E-state index in [1.54, 1.807) is 37.6 Å². The van der Waals surface area contributed by atoms with E-state index in [0.29, 0.717) is 16.6 Å². The summed E-state index contributed by atoms with van der Waals surface area (Å²) in [5.41, 5.74) is 1.70. The van der Waals surface area contributed by atoms with Crippen LogP contribution in [0.15, 0.2) is 30.6 Å². The number of fused-ring (bicyclic) bond motifs is 1. The van der Waals surface area contributed by atoms with E-state index in [-0.39, 0.29) is 12.5 Å². The minimum Gasteiger partial charge on any atom is -0.328 e. The maximum absolute atomic E-state index is 12.1. The summed E-state index contributed by atoms with van der Waals surface area (Å²) in [6, 6.07) is 7.17. The molecule has 5 nitrogen and oxygen atoms in total. The van der Waals surface area contributed by atoms with E-state index in [1.165, 1.54) is 4.90 Å². The molecule has 1 heterocycles. The molecule has 0 N–H and O–H groups in total. The molecule has 1 aromatic carbocycles. The van der Waals surface area contributed by atoms with Gasteiger partial charge in [0, 0.05) is 19.4 Å². The number of hydrogen-bond donors (Lipinski definition) is 0. The van der Waals surface area contributed by atoms with Crippen molar-refractivity contribution in [3.8, 4) is 6.07 Å². The highest BCUT2D eigenvalue weighted by Crippen LogP contribution is 2.15. The zero-order chi connectivity index (χ0) is 12.3. The fourth-order valence-electron chi connectivity index (χ4n) is 1.55. The van der Waals surface area contributed by atoms with Crippen LogP contribution in [-0.2, 0) is 0 Å². The highest BCUT2D eigenvalue weighted by atomic mass is 16.2. The third kappa shape index (κ3) is 2.06. The summed E-state index contributed by atoms with van der Waals surface area (Å²) < 4.78 is 0. The van der Waals surface area contributed by atoms with Gasteiger partial charge in [-0.05, 0) is 12.1 Å². The van der Waals surface area contributed by atoms with Crippen molar-refractivity contribution in [3.05, 3.63) is 36.2 Å². The van der Waals surface area contributed by atoms with Crippen LogP contribution in [0.1, 0.15) is 10.4 Å². The number of carbonyl (C=O) groups excluding carboxylic acids is 1. The summed E-state index contributed by atoms with van der Waals surface area (Å²) >= 11 is 0. The molecule has 0 aliphatic carbocycles. The number of aromatic nitrogens is 2. The van der Waals surface area contributed by atoms with Crippen LogP contribution in [0.2, 0.25) is 0 Å². The first-order valence-corrected chi connectivity index (χ1v) is 5.06. The molecule has 2 rings (SSSR count). The number of amides is 1. The summed E-state index contributed by atoms with van der Waals surface area (Å²) in [5.74, 6) is -0.224. The van der Waals surface area contributed by atoms with Crippen molar-refractivity contribution in [1.29, 1.82) is 5.26 Å². The Morgan fingerprint density at radius 2 is 2.18 bits per heavy atom. The Bertz CT molecular complexity index is 597. The van der Waals surface area contributed by atoms with Gasteiger partial charge in [-0.25, -0.2) is 0 Å². The predicted octanol–water partition coefficient (Wildman–Crippen LogP) is 1.23. The lowest BCUT2D eigenvalue weighted by Crippen LogP contribution is -2.27. The van der Waals surface area contributed by atoms with Gasteiger partial charge in [0.1, 0.15) is 12.1 Å². The maximum atomic E-state index is 12.1. The Labute approximate surface area is 98.3 Å². The molecule has 0 spiro atoms. The van der Waals surface area contributed by atoms with Gasteiger partial charge in [0.2, 0.25) is 0 Å². The van der Waals surface area contributed by atoms with Crippen LogP contribution >= 0.6 is 0 Å². The van der Waals surface area contributed by atoms with Crippen molar-refractivity contribution >= 4 is 16.9 Å². The molecule has 17 heavy (non-hydrogen) atoms. The third-order valence-electron chi connectivity index (χ3n) is 2.38. The fraction of sp³-hybridized carbons (Fsp3) is 0.167. The first-order chi connectivity index (χ1) is 8.24. The molecule has 5 heteroatoms. The highest BCUT2D eigenvalue weighted by Gasteiger charge is 2.15. The van der Waals surface area contributed by atoms with Crippen molar-refractivity contribution < 1.29 is 4.79 Å². The average Bonchev–Trinajstić information content (AvgIpc) is 2.37. The van der Waals surface area contributed by atoms with Crippen molar-refractivity contribution in [2.75, 3.05) is 13.6 Å². The van der Waals surface area contributed by atoms with Gasteiger partial charge in [-0.1, -0.05) is 6.07 Å². The SMILES string of the molecule is CN(CC#N)C(=O)c1cccc2nccnc12. The van der Waals surface area contributed by atoms with Crippen LogP contribution in [0.5, 0.6) is 0 Å². The lowest BCUT2D eigenvalue weighted by Gasteiger charge is -2.13. The van der Waals surface area contributed by atoms with Gasteiger partial charge in [0.25, 0.3) is 5.91 Å². The van der Waals surface area contributed by atoms with E-state index in [1.807, 2.05) is 6.07 Å². The van der Waals surface area contributed by atoms with Crippen LogP contribution in [-0.4, -0.2) is 34.4 Å². The van der Waals surface area contributed by atoms with E-state index < -0.39 is 0 Å². The van der Waals surface area contributed by atoms with Crippen LogP contribution in [0.3, 0.4) is 0 Å². The lowest BCUT2D eigenvalue weighted by molar-refractivity contribution is 0.0813.